The fourth-order valence-electron chi connectivity index (χ4n) is 0.865. The average molecular weight is 219 g/mol. The summed E-state index contributed by atoms with van der Waals surface area (Å²) in [5.74, 6) is 0. The van der Waals surface area contributed by atoms with Gasteiger partial charge in [-0.1, -0.05) is 18.2 Å². The maximum atomic E-state index is 13.4. The lowest BCUT2D eigenvalue weighted by Gasteiger charge is -2.14. The molecule has 0 amide bonds. The van der Waals surface area contributed by atoms with Gasteiger partial charge >= 0.3 is 6.73 Å². The zero-order valence-electron chi connectivity index (χ0n) is 7.24. The standard InChI is InChI=1S/C8H11FNOPS/c1-2-11-12(9,13)10-8-6-4-3-5-7-8/h3-7H,2H2,1H3,(H,10,13). The molecule has 1 atom stereocenters. The topological polar surface area (TPSA) is 21.3 Å². The number of hydrogen-bond acceptors (Lipinski definition) is 2. The third-order valence-electron chi connectivity index (χ3n) is 1.33. The highest BCUT2D eigenvalue weighted by atomic mass is 32.5. The molecule has 0 aliphatic carbocycles. The van der Waals surface area contributed by atoms with E-state index in [9.17, 15) is 4.20 Å². The summed E-state index contributed by atoms with van der Waals surface area (Å²) in [7, 11) is 0. The molecule has 0 fully saturated rings. The molecule has 0 aromatic heterocycles. The summed E-state index contributed by atoms with van der Waals surface area (Å²) in [6, 6.07) is 8.97. The number of rotatable bonds is 4. The van der Waals surface area contributed by atoms with Crippen LogP contribution in [0.2, 0.25) is 0 Å². The lowest BCUT2D eigenvalue weighted by molar-refractivity contribution is 0.357. The normalized spacial score (nSPS) is 14.9. The van der Waals surface area contributed by atoms with Crippen LogP contribution in [0.4, 0.5) is 9.88 Å². The number of anilines is 1. The Morgan fingerprint density at radius 1 is 1.46 bits per heavy atom. The van der Waals surface area contributed by atoms with Crippen LogP contribution in [0.1, 0.15) is 6.92 Å². The van der Waals surface area contributed by atoms with Crippen molar-refractivity contribution < 1.29 is 8.72 Å². The molecule has 1 N–H and O–H groups in total. The van der Waals surface area contributed by atoms with Gasteiger partial charge in [-0.2, -0.15) is 4.20 Å². The summed E-state index contributed by atoms with van der Waals surface area (Å²) in [4.78, 5) is 0. The zero-order chi connectivity index (χ0) is 9.73. The van der Waals surface area contributed by atoms with E-state index in [-0.39, 0.29) is 6.61 Å². The molecule has 2 nitrogen and oxygen atoms in total. The van der Waals surface area contributed by atoms with Crippen molar-refractivity contribution in [1.82, 2.24) is 0 Å². The molecule has 0 aliphatic rings. The number of benzene rings is 1. The van der Waals surface area contributed by atoms with Crippen LogP contribution in [-0.2, 0) is 16.3 Å². The highest BCUT2D eigenvalue weighted by Crippen LogP contribution is 2.48. The van der Waals surface area contributed by atoms with Gasteiger partial charge in [0.25, 0.3) is 0 Å². The molecule has 72 valence electrons. The molecule has 13 heavy (non-hydrogen) atoms. The lowest BCUT2D eigenvalue weighted by Crippen LogP contribution is -1.95. The second-order valence-corrected chi connectivity index (χ2v) is 5.23. The SMILES string of the molecule is CCOP(F)(=S)Nc1ccccc1. The van der Waals surface area contributed by atoms with Gasteiger partial charge in [0.1, 0.15) is 0 Å². The van der Waals surface area contributed by atoms with E-state index < -0.39 is 6.73 Å². The van der Waals surface area contributed by atoms with Crippen LogP contribution in [0.5, 0.6) is 0 Å². The van der Waals surface area contributed by atoms with E-state index in [0.29, 0.717) is 5.69 Å². The Kier molecular flexibility index (Phi) is 3.85. The van der Waals surface area contributed by atoms with Crippen LogP contribution in [0.15, 0.2) is 30.3 Å². The summed E-state index contributed by atoms with van der Waals surface area (Å²) >= 11 is 4.64. The number of para-hydroxylation sites is 1. The van der Waals surface area contributed by atoms with Gasteiger partial charge in [-0.3, -0.25) is 0 Å². The first kappa shape index (κ1) is 10.6. The summed E-state index contributed by atoms with van der Waals surface area (Å²) in [5.41, 5.74) is 0.654. The maximum Gasteiger partial charge on any atom is 0.327 e. The van der Waals surface area contributed by atoms with Gasteiger partial charge in [0, 0.05) is 5.69 Å². The predicted octanol–water partition coefficient (Wildman–Crippen LogP) is 3.33. The van der Waals surface area contributed by atoms with Crippen LogP contribution in [-0.4, -0.2) is 6.61 Å². The highest BCUT2D eigenvalue weighted by molar-refractivity contribution is 8.10. The first-order chi connectivity index (χ1) is 6.14. The van der Waals surface area contributed by atoms with E-state index in [2.05, 4.69) is 16.9 Å². The maximum absolute atomic E-state index is 13.4. The van der Waals surface area contributed by atoms with Crippen molar-refractivity contribution >= 4 is 24.2 Å². The number of hydrogen-bond donors (Lipinski definition) is 1. The molecule has 0 spiro atoms. The molecular weight excluding hydrogens is 208 g/mol. The molecule has 0 bridgehead atoms. The molecule has 0 saturated carbocycles. The lowest BCUT2D eigenvalue weighted by atomic mass is 10.3. The molecule has 0 heterocycles. The molecular formula is C8H11FNOPS. The van der Waals surface area contributed by atoms with Crippen molar-refractivity contribution in [2.45, 2.75) is 6.92 Å². The average Bonchev–Trinajstić information content (AvgIpc) is 2.04. The van der Waals surface area contributed by atoms with Crippen molar-refractivity contribution in [3.05, 3.63) is 30.3 Å². The first-order valence-corrected chi connectivity index (χ1v) is 6.53. The molecule has 1 unspecified atom stereocenters. The van der Waals surface area contributed by atoms with Gasteiger partial charge in [0.2, 0.25) is 0 Å². The van der Waals surface area contributed by atoms with E-state index in [0.717, 1.165) is 0 Å². The molecule has 1 aromatic rings. The van der Waals surface area contributed by atoms with Crippen molar-refractivity contribution in [1.29, 1.82) is 0 Å². The fourth-order valence-corrected chi connectivity index (χ4v) is 2.35. The van der Waals surface area contributed by atoms with E-state index >= 15 is 0 Å². The van der Waals surface area contributed by atoms with Gasteiger partial charge in [-0.25, -0.2) is 0 Å². The second-order valence-electron chi connectivity index (χ2n) is 2.38. The largest absolute Gasteiger partial charge is 0.327 e. The predicted molar refractivity (Wildman–Crippen MR) is 57.1 cm³/mol. The summed E-state index contributed by atoms with van der Waals surface area (Å²) in [6.07, 6.45) is 0. The Labute approximate surface area is 82.4 Å². The molecule has 0 saturated heterocycles. The third-order valence-corrected chi connectivity index (χ3v) is 3.04. The van der Waals surface area contributed by atoms with Crippen LogP contribution in [0.3, 0.4) is 0 Å². The van der Waals surface area contributed by atoms with Gasteiger partial charge in [-0.15, -0.1) is 0 Å². The van der Waals surface area contributed by atoms with Crippen molar-refractivity contribution in [3.63, 3.8) is 0 Å². The molecule has 0 aliphatic heterocycles. The van der Waals surface area contributed by atoms with Gasteiger partial charge in [0.05, 0.1) is 6.61 Å². The Morgan fingerprint density at radius 3 is 2.62 bits per heavy atom. The fraction of sp³-hybridized carbons (Fsp3) is 0.250. The van der Waals surface area contributed by atoms with Crippen LogP contribution < -0.4 is 5.09 Å². The number of halogens is 1. The Balaban J connectivity index is 2.64. The van der Waals surface area contributed by atoms with E-state index in [1.54, 1.807) is 19.1 Å². The minimum Gasteiger partial charge on any atom is -0.312 e. The van der Waals surface area contributed by atoms with Gasteiger partial charge in [-0.05, 0) is 30.9 Å². The smallest absolute Gasteiger partial charge is 0.312 e. The zero-order valence-corrected chi connectivity index (χ0v) is 8.95. The second kappa shape index (κ2) is 4.70. The van der Waals surface area contributed by atoms with Gasteiger partial charge in [0.15, 0.2) is 0 Å². The quantitative estimate of drug-likeness (QED) is 0.785. The molecule has 1 aromatic carbocycles. The third kappa shape index (κ3) is 3.85. The molecule has 1 rings (SSSR count). The van der Waals surface area contributed by atoms with Crippen molar-refractivity contribution in [2.75, 3.05) is 11.7 Å². The van der Waals surface area contributed by atoms with Crippen molar-refractivity contribution in [2.24, 2.45) is 0 Å². The van der Waals surface area contributed by atoms with Crippen LogP contribution in [0.25, 0.3) is 0 Å². The molecule has 0 radical (unpaired) electrons. The highest BCUT2D eigenvalue weighted by Gasteiger charge is 2.14. The van der Waals surface area contributed by atoms with Gasteiger partial charge < -0.3 is 9.61 Å². The van der Waals surface area contributed by atoms with E-state index in [1.807, 2.05) is 18.2 Å². The van der Waals surface area contributed by atoms with Crippen LogP contribution >= 0.6 is 6.73 Å². The van der Waals surface area contributed by atoms with E-state index in [4.69, 9.17) is 4.52 Å². The Morgan fingerprint density at radius 2 is 2.08 bits per heavy atom. The minimum absolute atomic E-state index is 0.285. The van der Waals surface area contributed by atoms with Crippen LogP contribution in [0, 0.1) is 0 Å². The first-order valence-electron chi connectivity index (χ1n) is 3.91. The summed E-state index contributed by atoms with van der Waals surface area (Å²) < 4.78 is 18.2. The van der Waals surface area contributed by atoms with E-state index in [1.165, 1.54) is 0 Å². The Bertz CT molecular complexity index is 306. The number of nitrogens with one attached hydrogen (secondary N) is 1. The summed E-state index contributed by atoms with van der Waals surface area (Å²) in [5, 5.41) is 2.56. The monoisotopic (exact) mass is 219 g/mol. The summed E-state index contributed by atoms with van der Waals surface area (Å²) in [6.45, 7) is -1.33. The Hall–Kier alpha value is -0.440. The minimum atomic E-state index is -3.33. The molecule has 5 heteroatoms. The van der Waals surface area contributed by atoms with Crippen molar-refractivity contribution in [3.8, 4) is 0 Å².